The molecule has 0 rings (SSSR count). The summed E-state index contributed by atoms with van der Waals surface area (Å²) in [4.78, 5) is 0. The van der Waals surface area contributed by atoms with Crippen LogP contribution in [0.5, 0.6) is 0 Å². The van der Waals surface area contributed by atoms with E-state index in [9.17, 15) is 0 Å². The van der Waals surface area contributed by atoms with Gasteiger partial charge in [0.2, 0.25) is 0 Å². The third kappa shape index (κ3) is 3.57. The zero-order valence-electron chi connectivity index (χ0n) is 9.53. The molecule has 74 valence electrons. The highest BCUT2D eigenvalue weighted by molar-refractivity contribution is 4.77. The number of ether oxygens (including phenoxy) is 1. The second-order valence-corrected chi connectivity index (χ2v) is 4.37. The van der Waals surface area contributed by atoms with Crippen LogP contribution in [0.1, 0.15) is 60.8 Å². The normalized spacial score (nSPS) is 13.5. The molecule has 0 aliphatic rings. The van der Waals surface area contributed by atoms with Crippen molar-refractivity contribution in [2.75, 3.05) is 0 Å². The summed E-state index contributed by atoms with van der Waals surface area (Å²) < 4.78 is 6.07. The molecule has 0 bridgehead atoms. The molecule has 0 aromatic heterocycles. The molecule has 0 aromatic rings. The SMILES string of the molecule is CCC(C)(C)OC(C)(CC)CC. The molecule has 0 saturated heterocycles. The van der Waals surface area contributed by atoms with Crippen molar-refractivity contribution in [1.29, 1.82) is 0 Å². The Kier molecular flexibility index (Phi) is 4.25. The van der Waals surface area contributed by atoms with Gasteiger partial charge >= 0.3 is 0 Å². The Morgan fingerprint density at radius 1 is 0.833 bits per heavy atom. The first kappa shape index (κ1) is 12.0. The molecular weight excluding hydrogens is 148 g/mol. The zero-order valence-corrected chi connectivity index (χ0v) is 9.53. The fraction of sp³-hybridized carbons (Fsp3) is 1.00. The smallest absolute Gasteiger partial charge is 0.0656 e. The fourth-order valence-electron chi connectivity index (χ4n) is 1.13. The Morgan fingerprint density at radius 2 is 1.25 bits per heavy atom. The van der Waals surface area contributed by atoms with E-state index in [4.69, 9.17) is 4.74 Å². The molecule has 0 radical (unpaired) electrons. The lowest BCUT2D eigenvalue weighted by molar-refractivity contribution is -0.136. The maximum absolute atomic E-state index is 6.07. The van der Waals surface area contributed by atoms with Crippen LogP contribution in [0, 0.1) is 0 Å². The summed E-state index contributed by atoms with van der Waals surface area (Å²) in [6, 6.07) is 0. The van der Waals surface area contributed by atoms with Crippen molar-refractivity contribution in [2.24, 2.45) is 0 Å². The van der Waals surface area contributed by atoms with Crippen molar-refractivity contribution in [3.8, 4) is 0 Å². The van der Waals surface area contributed by atoms with Crippen LogP contribution in [-0.4, -0.2) is 11.2 Å². The molecule has 0 heterocycles. The average Bonchev–Trinajstić information content (AvgIpc) is 2.04. The van der Waals surface area contributed by atoms with E-state index in [0.717, 1.165) is 19.3 Å². The number of hydrogen-bond donors (Lipinski definition) is 0. The molecule has 0 fully saturated rings. The second kappa shape index (κ2) is 4.27. The van der Waals surface area contributed by atoms with Gasteiger partial charge in [0.05, 0.1) is 11.2 Å². The van der Waals surface area contributed by atoms with E-state index in [0.29, 0.717) is 0 Å². The van der Waals surface area contributed by atoms with E-state index in [1.807, 2.05) is 0 Å². The number of rotatable bonds is 5. The van der Waals surface area contributed by atoms with Gasteiger partial charge < -0.3 is 4.74 Å². The predicted octanol–water partition coefficient (Wildman–Crippen LogP) is 3.77. The van der Waals surface area contributed by atoms with Crippen molar-refractivity contribution in [3.63, 3.8) is 0 Å². The van der Waals surface area contributed by atoms with Crippen LogP contribution in [0.15, 0.2) is 0 Å². The van der Waals surface area contributed by atoms with E-state index >= 15 is 0 Å². The summed E-state index contributed by atoms with van der Waals surface area (Å²) in [6.07, 6.45) is 3.25. The highest BCUT2D eigenvalue weighted by Crippen LogP contribution is 2.28. The maximum atomic E-state index is 6.07. The monoisotopic (exact) mass is 172 g/mol. The van der Waals surface area contributed by atoms with E-state index in [1.54, 1.807) is 0 Å². The van der Waals surface area contributed by atoms with Gasteiger partial charge in [-0.25, -0.2) is 0 Å². The van der Waals surface area contributed by atoms with Crippen LogP contribution >= 0.6 is 0 Å². The lowest BCUT2D eigenvalue weighted by Crippen LogP contribution is -2.37. The Balaban J connectivity index is 4.20. The average molecular weight is 172 g/mol. The summed E-state index contributed by atoms with van der Waals surface area (Å²) >= 11 is 0. The molecule has 0 spiro atoms. The van der Waals surface area contributed by atoms with Gasteiger partial charge in [-0.3, -0.25) is 0 Å². The molecule has 0 amide bonds. The van der Waals surface area contributed by atoms with Gasteiger partial charge in [-0.05, 0) is 40.0 Å². The van der Waals surface area contributed by atoms with Gasteiger partial charge in [-0.1, -0.05) is 20.8 Å². The lowest BCUT2D eigenvalue weighted by Gasteiger charge is -2.37. The van der Waals surface area contributed by atoms with E-state index in [-0.39, 0.29) is 11.2 Å². The van der Waals surface area contributed by atoms with Gasteiger partial charge in [0, 0.05) is 0 Å². The van der Waals surface area contributed by atoms with Crippen molar-refractivity contribution in [3.05, 3.63) is 0 Å². The topological polar surface area (TPSA) is 9.23 Å². The highest BCUT2D eigenvalue weighted by Gasteiger charge is 2.28. The van der Waals surface area contributed by atoms with Crippen LogP contribution in [-0.2, 0) is 4.74 Å². The minimum Gasteiger partial charge on any atom is -0.369 e. The van der Waals surface area contributed by atoms with Crippen LogP contribution in [0.3, 0.4) is 0 Å². The Hall–Kier alpha value is -0.0400. The molecule has 12 heavy (non-hydrogen) atoms. The van der Waals surface area contributed by atoms with Gasteiger partial charge in [-0.15, -0.1) is 0 Å². The largest absolute Gasteiger partial charge is 0.369 e. The van der Waals surface area contributed by atoms with Gasteiger partial charge in [-0.2, -0.15) is 0 Å². The van der Waals surface area contributed by atoms with Crippen LogP contribution < -0.4 is 0 Å². The van der Waals surface area contributed by atoms with Crippen molar-refractivity contribution < 1.29 is 4.74 Å². The molecule has 0 unspecified atom stereocenters. The quantitative estimate of drug-likeness (QED) is 0.613. The first-order valence-corrected chi connectivity index (χ1v) is 5.09. The highest BCUT2D eigenvalue weighted by atomic mass is 16.5. The summed E-state index contributed by atoms with van der Waals surface area (Å²) in [5, 5.41) is 0. The van der Waals surface area contributed by atoms with Crippen LogP contribution in [0.25, 0.3) is 0 Å². The molecular formula is C11H24O. The molecule has 0 saturated carbocycles. The van der Waals surface area contributed by atoms with Crippen molar-refractivity contribution >= 4 is 0 Å². The second-order valence-electron chi connectivity index (χ2n) is 4.37. The van der Waals surface area contributed by atoms with E-state index in [2.05, 4.69) is 41.5 Å². The first-order valence-electron chi connectivity index (χ1n) is 5.09. The van der Waals surface area contributed by atoms with Crippen LogP contribution in [0.4, 0.5) is 0 Å². The lowest BCUT2D eigenvalue weighted by atomic mass is 9.97. The minimum absolute atomic E-state index is 0.0285. The van der Waals surface area contributed by atoms with E-state index in [1.165, 1.54) is 0 Å². The molecule has 0 aliphatic carbocycles. The predicted molar refractivity (Wildman–Crippen MR) is 54.4 cm³/mol. The molecule has 0 atom stereocenters. The zero-order chi connectivity index (χ0) is 9.83. The first-order chi connectivity index (χ1) is 5.39. The molecule has 0 aliphatic heterocycles. The van der Waals surface area contributed by atoms with Gasteiger partial charge in [0.1, 0.15) is 0 Å². The summed E-state index contributed by atoms with van der Waals surface area (Å²) in [6.45, 7) is 13.1. The van der Waals surface area contributed by atoms with Gasteiger partial charge in [0.25, 0.3) is 0 Å². The van der Waals surface area contributed by atoms with Crippen LogP contribution in [0.2, 0.25) is 0 Å². The molecule has 1 heteroatoms. The Morgan fingerprint density at radius 3 is 1.50 bits per heavy atom. The Bertz CT molecular complexity index is 123. The molecule has 0 N–H and O–H groups in total. The number of hydrogen-bond acceptors (Lipinski definition) is 1. The molecule has 0 aromatic carbocycles. The van der Waals surface area contributed by atoms with E-state index < -0.39 is 0 Å². The van der Waals surface area contributed by atoms with Crippen molar-refractivity contribution in [2.45, 2.75) is 72.0 Å². The summed E-state index contributed by atoms with van der Waals surface area (Å²) in [7, 11) is 0. The maximum Gasteiger partial charge on any atom is 0.0656 e. The minimum atomic E-state index is 0.0285. The third-order valence-corrected chi connectivity index (χ3v) is 2.87. The standard InChI is InChI=1S/C11H24O/c1-7-10(4,5)12-11(6,8-2)9-3/h7-9H2,1-6H3. The van der Waals surface area contributed by atoms with Gasteiger partial charge in [0.15, 0.2) is 0 Å². The summed E-state index contributed by atoms with van der Waals surface area (Å²) in [5.41, 5.74) is 0.0975. The Labute approximate surface area is 77.5 Å². The third-order valence-electron chi connectivity index (χ3n) is 2.87. The van der Waals surface area contributed by atoms with Crippen molar-refractivity contribution in [1.82, 2.24) is 0 Å². The molecule has 1 nitrogen and oxygen atoms in total. The fourth-order valence-corrected chi connectivity index (χ4v) is 1.13. The summed E-state index contributed by atoms with van der Waals surface area (Å²) in [5.74, 6) is 0.